The van der Waals surface area contributed by atoms with Crippen molar-refractivity contribution < 1.29 is 5.11 Å². The standard InChI is InChI=1S/C6H16N2O/c1-3-5(7)6(8,9)4-2/h5,9H,3-4,7-8H2,1-2H3. The van der Waals surface area contributed by atoms with Gasteiger partial charge in [-0.3, -0.25) is 0 Å². The molecular formula is C6H16N2O. The predicted molar refractivity (Wildman–Crippen MR) is 37.7 cm³/mol. The molecule has 0 radical (unpaired) electrons. The third-order valence-electron chi connectivity index (χ3n) is 1.65. The fourth-order valence-electron chi connectivity index (χ4n) is 0.616. The summed E-state index contributed by atoms with van der Waals surface area (Å²) in [5, 5.41) is 9.24. The first-order chi connectivity index (χ1) is 4.04. The van der Waals surface area contributed by atoms with Crippen molar-refractivity contribution in [2.45, 2.75) is 38.5 Å². The maximum absolute atomic E-state index is 9.24. The first-order valence-corrected chi connectivity index (χ1v) is 3.31. The van der Waals surface area contributed by atoms with Gasteiger partial charge in [-0.05, 0) is 12.8 Å². The molecule has 2 atom stereocenters. The predicted octanol–water partition coefficient (Wildman–Crippen LogP) is -0.219. The fourth-order valence-corrected chi connectivity index (χ4v) is 0.616. The molecule has 0 saturated carbocycles. The highest BCUT2D eigenvalue weighted by molar-refractivity contribution is 4.80. The van der Waals surface area contributed by atoms with Crippen molar-refractivity contribution in [2.24, 2.45) is 11.5 Å². The maximum atomic E-state index is 9.24. The molecule has 0 spiro atoms. The lowest BCUT2D eigenvalue weighted by Crippen LogP contribution is -2.54. The molecule has 0 saturated heterocycles. The Morgan fingerprint density at radius 1 is 1.56 bits per heavy atom. The van der Waals surface area contributed by atoms with E-state index in [1.54, 1.807) is 0 Å². The van der Waals surface area contributed by atoms with Gasteiger partial charge in [0.1, 0.15) is 5.72 Å². The van der Waals surface area contributed by atoms with Gasteiger partial charge >= 0.3 is 0 Å². The van der Waals surface area contributed by atoms with Crippen molar-refractivity contribution in [3.05, 3.63) is 0 Å². The zero-order chi connectivity index (χ0) is 7.49. The van der Waals surface area contributed by atoms with Crippen molar-refractivity contribution in [1.29, 1.82) is 0 Å². The third kappa shape index (κ3) is 2.30. The van der Waals surface area contributed by atoms with E-state index in [4.69, 9.17) is 11.5 Å². The SMILES string of the molecule is CCC(N)C(N)(O)CC. The molecule has 0 bridgehead atoms. The molecule has 3 heteroatoms. The highest BCUT2D eigenvalue weighted by Gasteiger charge is 2.25. The molecule has 0 heterocycles. The summed E-state index contributed by atoms with van der Waals surface area (Å²) < 4.78 is 0. The van der Waals surface area contributed by atoms with Gasteiger partial charge in [-0.2, -0.15) is 0 Å². The molecule has 0 aliphatic rings. The minimum atomic E-state index is -1.17. The average Bonchev–Trinajstić information content (AvgIpc) is 1.86. The molecule has 0 aromatic rings. The van der Waals surface area contributed by atoms with E-state index in [0.29, 0.717) is 12.8 Å². The van der Waals surface area contributed by atoms with E-state index in [0.717, 1.165) is 0 Å². The van der Waals surface area contributed by atoms with Gasteiger partial charge in [0.05, 0.1) is 0 Å². The Kier molecular flexibility index (Phi) is 3.11. The molecule has 0 aromatic carbocycles. The zero-order valence-corrected chi connectivity index (χ0v) is 6.09. The lowest BCUT2D eigenvalue weighted by molar-refractivity contribution is 0.0153. The van der Waals surface area contributed by atoms with Crippen LogP contribution in [0.1, 0.15) is 26.7 Å². The summed E-state index contributed by atoms with van der Waals surface area (Å²) >= 11 is 0. The second-order valence-electron chi connectivity index (χ2n) is 2.36. The number of nitrogens with two attached hydrogens (primary N) is 2. The van der Waals surface area contributed by atoms with Crippen LogP contribution in [-0.4, -0.2) is 16.9 Å². The minimum Gasteiger partial charge on any atom is -0.374 e. The van der Waals surface area contributed by atoms with Crippen LogP contribution in [0.25, 0.3) is 0 Å². The molecule has 2 unspecified atom stereocenters. The van der Waals surface area contributed by atoms with Crippen molar-refractivity contribution in [3.63, 3.8) is 0 Å². The zero-order valence-electron chi connectivity index (χ0n) is 6.09. The number of hydrogen-bond acceptors (Lipinski definition) is 3. The molecule has 0 fully saturated rings. The van der Waals surface area contributed by atoms with Crippen LogP contribution in [0.3, 0.4) is 0 Å². The largest absolute Gasteiger partial charge is 0.374 e. The van der Waals surface area contributed by atoms with Crippen LogP contribution < -0.4 is 11.5 Å². The Bertz CT molecular complexity index is 83.1. The van der Waals surface area contributed by atoms with Gasteiger partial charge in [0.2, 0.25) is 0 Å². The van der Waals surface area contributed by atoms with E-state index < -0.39 is 5.72 Å². The van der Waals surface area contributed by atoms with Crippen LogP contribution in [0.15, 0.2) is 0 Å². The topological polar surface area (TPSA) is 72.3 Å². The Morgan fingerprint density at radius 3 is 2.11 bits per heavy atom. The molecule has 0 aliphatic carbocycles. The van der Waals surface area contributed by atoms with Crippen LogP contribution in [0.2, 0.25) is 0 Å². The monoisotopic (exact) mass is 132 g/mol. The molecule has 9 heavy (non-hydrogen) atoms. The van der Waals surface area contributed by atoms with Crippen molar-refractivity contribution in [1.82, 2.24) is 0 Å². The molecular weight excluding hydrogens is 116 g/mol. The van der Waals surface area contributed by atoms with E-state index in [1.807, 2.05) is 13.8 Å². The van der Waals surface area contributed by atoms with Crippen molar-refractivity contribution in [3.8, 4) is 0 Å². The summed E-state index contributed by atoms with van der Waals surface area (Å²) in [4.78, 5) is 0. The summed E-state index contributed by atoms with van der Waals surface area (Å²) in [7, 11) is 0. The van der Waals surface area contributed by atoms with E-state index >= 15 is 0 Å². The van der Waals surface area contributed by atoms with Gasteiger partial charge in [0.15, 0.2) is 0 Å². The van der Waals surface area contributed by atoms with Crippen molar-refractivity contribution >= 4 is 0 Å². The van der Waals surface area contributed by atoms with Gasteiger partial charge in [0, 0.05) is 6.04 Å². The Balaban J connectivity index is 3.80. The van der Waals surface area contributed by atoms with Crippen LogP contribution in [0.5, 0.6) is 0 Å². The summed E-state index contributed by atoms with van der Waals surface area (Å²) in [6.45, 7) is 3.72. The quantitative estimate of drug-likeness (QED) is 0.465. The normalized spacial score (nSPS) is 21.0. The molecule has 0 rings (SSSR count). The molecule has 0 aliphatic heterocycles. The van der Waals surface area contributed by atoms with Gasteiger partial charge in [-0.15, -0.1) is 0 Å². The van der Waals surface area contributed by atoms with Gasteiger partial charge in [-0.1, -0.05) is 13.8 Å². The van der Waals surface area contributed by atoms with Crippen LogP contribution in [0.4, 0.5) is 0 Å². The molecule has 5 N–H and O–H groups in total. The van der Waals surface area contributed by atoms with E-state index in [1.165, 1.54) is 0 Å². The summed E-state index contributed by atoms with van der Waals surface area (Å²) in [5.41, 5.74) is 9.71. The van der Waals surface area contributed by atoms with Crippen LogP contribution in [0, 0.1) is 0 Å². The molecule has 56 valence electrons. The Morgan fingerprint density at radius 2 is 2.00 bits per heavy atom. The van der Waals surface area contributed by atoms with Gasteiger partial charge in [-0.25, -0.2) is 0 Å². The second kappa shape index (κ2) is 3.15. The smallest absolute Gasteiger partial charge is 0.128 e. The highest BCUT2D eigenvalue weighted by Crippen LogP contribution is 2.07. The fraction of sp³-hybridized carbons (Fsp3) is 1.00. The van der Waals surface area contributed by atoms with E-state index in [9.17, 15) is 5.11 Å². The van der Waals surface area contributed by atoms with Gasteiger partial charge in [0.25, 0.3) is 0 Å². The minimum absolute atomic E-state index is 0.303. The highest BCUT2D eigenvalue weighted by atomic mass is 16.3. The molecule has 3 nitrogen and oxygen atoms in total. The summed E-state index contributed by atoms with van der Waals surface area (Å²) in [6, 6.07) is -0.303. The Hall–Kier alpha value is -0.120. The van der Waals surface area contributed by atoms with E-state index in [2.05, 4.69) is 0 Å². The Labute approximate surface area is 56.0 Å². The maximum Gasteiger partial charge on any atom is 0.128 e. The van der Waals surface area contributed by atoms with Crippen molar-refractivity contribution in [2.75, 3.05) is 0 Å². The first-order valence-electron chi connectivity index (χ1n) is 3.31. The summed E-state index contributed by atoms with van der Waals surface area (Å²) in [5.74, 6) is 0. The average molecular weight is 132 g/mol. The number of rotatable bonds is 3. The summed E-state index contributed by atoms with van der Waals surface area (Å²) in [6.07, 6.45) is 1.21. The second-order valence-corrected chi connectivity index (χ2v) is 2.36. The first kappa shape index (κ1) is 8.88. The van der Waals surface area contributed by atoms with Crippen LogP contribution >= 0.6 is 0 Å². The van der Waals surface area contributed by atoms with Crippen LogP contribution in [-0.2, 0) is 0 Å². The van der Waals surface area contributed by atoms with E-state index in [-0.39, 0.29) is 6.04 Å². The third-order valence-corrected chi connectivity index (χ3v) is 1.65. The molecule has 0 aromatic heterocycles. The number of aliphatic hydroxyl groups is 1. The lowest BCUT2D eigenvalue weighted by atomic mass is 10.0. The molecule has 0 amide bonds. The lowest BCUT2D eigenvalue weighted by Gasteiger charge is -2.27. The number of hydrogen-bond donors (Lipinski definition) is 3. The van der Waals surface area contributed by atoms with Gasteiger partial charge < -0.3 is 16.6 Å².